The number of hydrogen-bond donors (Lipinski definition) is 0. The van der Waals surface area contributed by atoms with Gasteiger partial charge < -0.3 is 0 Å². The van der Waals surface area contributed by atoms with Crippen LogP contribution in [0.4, 0.5) is 4.79 Å². The summed E-state index contributed by atoms with van der Waals surface area (Å²) in [6.45, 7) is 0.218. The quantitative estimate of drug-likeness (QED) is 0.799. The zero-order valence-electron chi connectivity index (χ0n) is 11.4. The number of nitrogens with zero attached hydrogens (tertiary/aromatic N) is 2. The molecule has 0 bridgehead atoms. The summed E-state index contributed by atoms with van der Waals surface area (Å²) in [4.78, 5) is 30.0. The van der Waals surface area contributed by atoms with E-state index in [1.54, 1.807) is 42.7 Å². The number of carbonyl (C=O) groups excluding carboxylic acids is 2. The molecule has 3 rings (SSSR count). The minimum atomic E-state index is -0.293. The van der Waals surface area contributed by atoms with Crippen molar-refractivity contribution in [2.75, 3.05) is 0 Å². The number of carbonyl (C=O) groups is 2. The van der Waals surface area contributed by atoms with E-state index in [9.17, 15) is 9.59 Å². The monoisotopic (exact) mass is 330 g/mol. The molecule has 110 valence electrons. The average Bonchev–Trinajstić information content (AvgIpc) is 2.76. The lowest BCUT2D eigenvalue weighted by Crippen LogP contribution is -2.27. The van der Waals surface area contributed by atoms with Gasteiger partial charge in [0.2, 0.25) is 0 Å². The van der Waals surface area contributed by atoms with Crippen molar-refractivity contribution in [1.29, 1.82) is 0 Å². The van der Waals surface area contributed by atoms with Crippen LogP contribution in [0.3, 0.4) is 0 Å². The zero-order valence-corrected chi connectivity index (χ0v) is 13.0. The number of amides is 2. The second-order valence-corrected chi connectivity index (χ2v) is 6.11. The molecule has 1 saturated heterocycles. The lowest BCUT2D eigenvalue weighted by Gasteiger charge is -2.12. The minimum Gasteiger partial charge on any atom is -0.268 e. The molecule has 1 aromatic heterocycles. The molecule has 0 aliphatic carbocycles. The van der Waals surface area contributed by atoms with Gasteiger partial charge in [-0.2, -0.15) is 0 Å². The summed E-state index contributed by atoms with van der Waals surface area (Å²) in [5.41, 5.74) is 1.60. The Morgan fingerprint density at radius 1 is 1.23 bits per heavy atom. The van der Waals surface area contributed by atoms with Crippen molar-refractivity contribution in [3.05, 3.63) is 69.8 Å². The standard InChI is InChI=1S/C16H11ClN2O2S/c17-13-5-1-3-12(7-13)10-19-15(20)14(22-16(19)21)8-11-4-2-6-18-9-11/h1-9H,10H2/b14-8-. The van der Waals surface area contributed by atoms with Crippen molar-refractivity contribution < 1.29 is 9.59 Å². The maximum Gasteiger partial charge on any atom is 0.293 e. The average molecular weight is 331 g/mol. The maximum atomic E-state index is 12.4. The highest BCUT2D eigenvalue weighted by Gasteiger charge is 2.34. The number of imide groups is 1. The van der Waals surface area contributed by atoms with Gasteiger partial charge in [0.1, 0.15) is 0 Å². The Kier molecular flexibility index (Phi) is 4.27. The largest absolute Gasteiger partial charge is 0.293 e. The lowest BCUT2D eigenvalue weighted by molar-refractivity contribution is -0.123. The van der Waals surface area contributed by atoms with Gasteiger partial charge in [-0.25, -0.2) is 0 Å². The highest BCUT2D eigenvalue weighted by atomic mass is 35.5. The van der Waals surface area contributed by atoms with Crippen LogP contribution in [0.15, 0.2) is 53.7 Å². The van der Waals surface area contributed by atoms with Gasteiger partial charge in [-0.05, 0) is 47.2 Å². The van der Waals surface area contributed by atoms with Crippen LogP contribution in [0, 0.1) is 0 Å². The number of benzene rings is 1. The molecule has 2 aromatic rings. The van der Waals surface area contributed by atoms with E-state index in [1.165, 1.54) is 4.90 Å². The Morgan fingerprint density at radius 2 is 2.09 bits per heavy atom. The first-order valence-corrected chi connectivity index (χ1v) is 7.73. The predicted molar refractivity (Wildman–Crippen MR) is 87.2 cm³/mol. The number of thioether (sulfide) groups is 1. The topological polar surface area (TPSA) is 50.3 Å². The SMILES string of the molecule is O=C1S/C(=C\c2cccnc2)C(=O)N1Cc1cccc(Cl)c1. The van der Waals surface area contributed by atoms with E-state index in [4.69, 9.17) is 11.6 Å². The summed E-state index contributed by atoms with van der Waals surface area (Å²) < 4.78 is 0. The molecule has 2 heterocycles. The Labute approximate surface area is 136 Å². The van der Waals surface area contributed by atoms with Crippen molar-refractivity contribution in [3.63, 3.8) is 0 Å². The van der Waals surface area contributed by atoms with Crippen molar-refractivity contribution in [3.8, 4) is 0 Å². The van der Waals surface area contributed by atoms with Crippen LogP contribution in [-0.4, -0.2) is 21.0 Å². The second kappa shape index (κ2) is 6.34. The van der Waals surface area contributed by atoms with Crippen molar-refractivity contribution in [2.45, 2.75) is 6.54 Å². The Hall–Kier alpha value is -2.11. The molecule has 0 unspecified atom stereocenters. The third-order valence-corrected chi connectivity index (χ3v) is 4.23. The fraction of sp³-hybridized carbons (Fsp3) is 0.0625. The van der Waals surface area contributed by atoms with E-state index in [0.717, 1.165) is 22.9 Å². The summed E-state index contributed by atoms with van der Waals surface area (Å²) in [6, 6.07) is 10.7. The summed E-state index contributed by atoms with van der Waals surface area (Å²) in [5, 5.41) is 0.301. The summed E-state index contributed by atoms with van der Waals surface area (Å²) in [7, 11) is 0. The first kappa shape index (κ1) is 14.8. The predicted octanol–water partition coefficient (Wildman–Crippen LogP) is 3.97. The van der Waals surface area contributed by atoms with Crippen molar-refractivity contribution in [2.24, 2.45) is 0 Å². The summed E-state index contributed by atoms with van der Waals surface area (Å²) in [5.74, 6) is -0.293. The van der Waals surface area contributed by atoms with E-state index in [1.807, 2.05) is 12.1 Å². The number of rotatable bonds is 3. The minimum absolute atomic E-state index is 0.218. The van der Waals surface area contributed by atoms with E-state index >= 15 is 0 Å². The van der Waals surface area contributed by atoms with E-state index < -0.39 is 0 Å². The van der Waals surface area contributed by atoms with Gasteiger partial charge in [-0.15, -0.1) is 0 Å². The second-order valence-electron chi connectivity index (χ2n) is 4.68. The Bertz CT molecular complexity index is 762. The molecule has 6 heteroatoms. The van der Waals surface area contributed by atoms with E-state index in [2.05, 4.69) is 4.98 Å². The molecule has 0 spiro atoms. The first-order chi connectivity index (χ1) is 10.6. The van der Waals surface area contributed by atoms with Crippen LogP contribution >= 0.6 is 23.4 Å². The molecular weight excluding hydrogens is 320 g/mol. The van der Waals surface area contributed by atoms with Crippen LogP contribution in [0.2, 0.25) is 5.02 Å². The number of hydrogen-bond acceptors (Lipinski definition) is 4. The molecule has 0 atom stereocenters. The molecule has 22 heavy (non-hydrogen) atoms. The highest BCUT2D eigenvalue weighted by molar-refractivity contribution is 8.18. The van der Waals surface area contributed by atoms with Gasteiger partial charge in [0.05, 0.1) is 11.4 Å². The molecular formula is C16H11ClN2O2S. The fourth-order valence-corrected chi connectivity index (χ4v) is 3.12. The number of pyridine rings is 1. The third kappa shape index (κ3) is 3.21. The molecule has 1 fully saturated rings. The van der Waals surface area contributed by atoms with Crippen LogP contribution in [0.5, 0.6) is 0 Å². The van der Waals surface area contributed by atoms with Crippen molar-refractivity contribution in [1.82, 2.24) is 9.88 Å². The fourth-order valence-electron chi connectivity index (χ4n) is 2.07. The van der Waals surface area contributed by atoms with Gasteiger partial charge in [0.15, 0.2) is 0 Å². The number of halogens is 1. The maximum absolute atomic E-state index is 12.4. The smallest absolute Gasteiger partial charge is 0.268 e. The van der Waals surface area contributed by atoms with Crippen molar-refractivity contribution >= 4 is 40.6 Å². The summed E-state index contributed by atoms with van der Waals surface area (Å²) in [6.07, 6.45) is 4.98. The normalized spacial score (nSPS) is 16.6. The molecule has 0 N–H and O–H groups in total. The van der Waals surface area contributed by atoms with Crippen LogP contribution in [0.1, 0.15) is 11.1 Å². The van der Waals surface area contributed by atoms with Gasteiger partial charge in [-0.3, -0.25) is 19.5 Å². The van der Waals surface area contributed by atoms with Crippen LogP contribution in [0.25, 0.3) is 6.08 Å². The van der Waals surface area contributed by atoms with Gasteiger partial charge in [0.25, 0.3) is 11.1 Å². The Morgan fingerprint density at radius 3 is 2.82 bits per heavy atom. The highest BCUT2D eigenvalue weighted by Crippen LogP contribution is 2.33. The van der Waals surface area contributed by atoms with E-state index in [-0.39, 0.29) is 17.7 Å². The van der Waals surface area contributed by atoms with Gasteiger partial charge >= 0.3 is 0 Å². The van der Waals surface area contributed by atoms with Gasteiger partial charge in [0, 0.05) is 17.4 Å². The molecule has 0 saturated carbocycles. The molecule has 2 amide bonds. The third-order valence-electron chi connectivity index (χ3n) is 3.09. The van der Waals surface area contributed by atoms with E-state index in [0.29, 0.717) is 9.93 Å². The lowest BCUT2D eigenvalue weighted by atomic mass is 10.2. The van der Waals surface area contributed by atoms with Crippen LogP contribution in [-0.2, 0) is 11.3 Å². The molecule has 1 aliphatic heterocycles. The first-order valence-electron chi connectivity index (χ1n) is 6.53. The number of aromatic nitrogens is 1. The molecule has 0 radical (unpaired) electrons. The molecule has 1 aliphatic rings. The van der Waals surface area contributed by atoms with Gasteiger partial charge in [-0.1, -0.05) is 29.8 Å². The van der Waals surface area contributed by atoms with Crippen LogP contribution < -0.4 is 0 Å². The zero-order chi connectivity index (χ0) is 15.5. The molecule has 4 nitrogen and oxygen atoms in total. The molecule has 1 aromatic carbocycles. The Balaban J connectivity index is 1.81. The summed E-state index contributed by atoms with van der Waals surface area (Å²) >= 11 is 6.87.